The number of hydrogen-bond donors (Lipinski definition) is 1. The SMILES string of the molecule is CC1(C)C(C(=O)O)C1(C)CC1CC1. The van der Waals surface area contributed by atoms with E-state index in [9.17, 15) is 4.79 Å². The average Bonchev–Trinajstić information content (AvgIpc) is 2.75. The molecule has 1 N–H and O–H groups in total. The minimum atomic E-state index is -0.604. The van der Waals surface area contributed by atoms with Crippen molar-refractivity contribution in [1.29, 1.82) is 0 Å². The van der Waals surface area contributed by atoms with Crippen molar-refractivity contribution in [2.75, 3.05) is 0 Å². The first-order valence-corrected chi connectivity index (χ1v) is 5.12. The van der Waals surface area contributed by atoms with E-state index in [0.717, 1.165) is 12.3 Å². The lowest BCUT2D eigenvalue weighted by molar-refractivity contribution is -0.139. The molecule has 0 aliphatic heterocycles. The monoisotopic (exact) mass is 182 g/mol. The highest BCUT2D eigenvalue weighted by Crippen LogP contribution is 2.72. The van der Waals surface area contributed by atoms with Crippen LogP contribution in [0.1, 0.15) is 40.0 Å². The minimum absolute atomic E-state index is 0.0153. The molecule has 2 nitrogen and oxygen atoms in total. The van der Waals surface area contributed by atoms with Crippen molar-refractivity contribution in [3.05, 3.63) is 0 Å². The van der Waals surface area contributed by atoms with Gasteiger partial charge in [0.05, 0.1) is 5.92 Å². The van der Waals surface area contributed by atoms with Gasteiger partial charge in [0.25, 0.3) is 0 Å². The predicted octanol–water partition coefficient (Wildman–Crippen LogP) is 2.53. The van der Waals surface area contributed by atoms with Crippen LogP contribution in [0.5, 0.6) is 0 Å². The predicted molar refractivity (Wildman–Crippen MR) is 50.4 cm³/mol. The second-order valence-corrected chi connectivity index (χ2v) is 5.56. The van der Waals surface area contributed by atoms with Crippen LogP contribution in [0.3, 0.4) is 0 Å². The van der Waals surface area contributed by atoms with Gasteiger partial charge in [-0.25, -0.2) is 0 Å². The molecule has 0 bridgehead atoms. The Kier molecular flexibility index (Phi) is 1.59. The lowest BCUT2D eigenvalue weighted by Gasteiger charge is -2.12. The molecule has 74 valence electrons. The van der Waals surface area contributed by atoms with Crippen molar-refractivity contribution >= 4 is 5.97 Å². The Morgan fingerprint density at radius 1 is 1.38 bits per heavy atom. The number of aliphatic carboxylic acids is 1. The van der Waals surface area contributed by atoms with E-state index >= 15 is 0 Å². The van der Waals surface area contributed by atoms with Gasteiger partial charge in [0, 0.05) is 0 Å². The normalized spacial score (nSPS) is 41.6. The zero-order chi connectivity index (χ0) is 9.85. The smallest absolute Gasteiger partial charge is 0.307 e. The topological polar surface area (TPSA) is 37.3 Å². The van der Waals surface area contributed by atoms with Crippen LogP contribution >= 0.6 is 0 Å². The van der Waals surface area contributed by atoms with Crippen molar-refractivity contribution < 1.29 is 9.90 Å². The van der Waals surface area contributed by atoms with Gasteiger partial charge in [0.1, 0.15) is 0 Å². The van der Waals surface area contributed by atoms with Gasteiger partial charge in [0.2, 0.25) is 0 Å². The van der Waals surface area contributed by atoms with E-state index in [2.05, 4.69) is 20.8 Å². The number of carboxylic acid groups (broad SMARTS) is 1. The summed E-state index contributed by atoms with van der Waals surface area (Å²) in [5.41, 5.74) is 0.0847. The molecule has 2 rings (SSSR count). The molecule has 13 heavy (non-hydrogen) atoms. The minimum Gasteiger partial charge on any atom is -0.481 e. The molecule has 0 aromatic rings. The molecular weight excluding hydrogens is 164 g/mol. The maximum atomic E-state index is 11.0. The van der Waals surface area contributed by atoms with Crippen molar-refractivity contribution in [3.8, 4) is 0 Å². The average molecular weight is 182 g/mol. The lowest BCUT2D eigenvalue weighted by Crippen LogP contribution is -2.07. The maximum Gasteiger partial charge on any atom is 0.307 e. The van der Waals surface area contributed by atoms with E-state index in [1.807, 2.05) is 0 Å². The second-order valence-electron chi connectivity index (χ2n) is 5.56. The van der Waals surface area contributed by atoms with Crippen LogP contribution in [-0.4, -0.2) is 11.1 Å². The highest BCUT2D eigenvalue weighted by Gasteiger charge is 2.71. The lowest BCUT2D eigenvalue weighted by atomic mass is 9.92. The van der Waals surface area contributed by atoms with Gasteiger partial charge in [-0.15, -0.1) is 0 Å². The van der Waals surface area contributed by atoms with Gasteiger partial charge in [0.15, 0.2) is 0 Å². The molecule has 0 heterocycles. The summed E-state index contributed by atoms with van der Waals surface area (Å²) in [6.07, 6.45) is 3.76. The molecule has 0 spiro atoms. The Hall–Kier alpha value is -0.530. The summed E-state index contributed by atoms with van der Waals surface area (Å²) in [5.74, 6) is 0.113. The summed E-state index contributed by atoms with van der Waals surface area (Å²) >= 11 is 0. The quantitative estimate of drug-likeness (QED) is 0.728. The summed E-state index contributed by atoms with van der Waals surface area (Å²) in [6, 6.07) is 0. The Balaban J connectivity index is 2.10. The van der Waals surface area contributed by atoms with Crippen LogP contribution in [0.25, 0.3) is 0 Å². The highest BCUT2D eigenvalue weighted by atomic mass is 16.4. The van der Waals surface area contributed by atoms with Gasteiger partial charge in [-0.3, -0.25) is 4.79 Å². The van der Waals surface area contributed by atoms with E-state index in [4.69, 9.17) is 5.11 Å². The molecule has 2 heteroatoms. The molecule has 0 aromatic carbocycles. The first kappa shape index (κ1) is 9.04. The Morgan fingerprint density at radius 2 is 1.92 bits per heavy atom. The third-order valence-electron chi connectivity index (χ3n) is 4.40. The van der Waals surface area contributed by atoms with Crippen molar-refractivity contribution in [3.63, 3.8) is 0 Å². The highest BCUT2D eigenvalue weighted by molar-refractivity contribution is 5.76. The van der Waals surface area contributed by atoms with E-state index in [0.29, 0.717) is 0 Å². The molecule has 2 aliphatic carbocycles. The van der Waals surface area contributed by atoms with E-state index in [-0.39, 0.29) is 16.7 Å². The van der Waals surface area contributed by atoms with Crippen LogP contribution in [0.4, 0.5) is 0 Å². The molecule has 0 aromatic heterocycles. The number of carbonyl (C=O) groups is 1. The fraction of sp³-hybridized carbons (Fsp3) is 0.909. The summed E-state index contributed by atoms with van der Waals surface area (Å²) in [7, 11) is 0. The molecule has 2 saturated carbocycles. The van der Waals surface area contributed by atoms with E-state index in [1.54, 1.807) is 0 Å². The molecule has 2 aliphatic rings. The molecule has 2 fully saturated rings. The van der Waals surface area contributed by atoms with Crippen LogP contribution < -0.4 is 0 Å². The zero-order valence-corrected chi connectivity index (χ0v) is 8.63. The number of carboxylic acids is 1. The summed E-state index contributed by atoms with van der Waals surface area (Å²) in [6.45, 7) is 6.33. The third kappa shape index (κ3) is 1.11. The molecule has 2 unspecified atom stereocenters. The molecule has 2 atom stereocenters. The van der Waals surface area contributed by atoms with Crippen LogP contribution in [-0.2, 0) is 4.79 Å². The zero-order valence-electron chi connectivity index (χ0n) is 8.63. The van der Waals surface area contributed by atoms with Crippen LogP contribution in [0.15, 0.2) is 0 Å². The molecule has 0 amide bonds. The van der Waals surface area contributed by atoms with Gasteiger partial charge in [-0.05, 0) is 23.2 Å². The van der Waals surface area contributed by atoms with Crippen LogP contribution in [0.2, 0.25) is 0 Å². The summed E-state index contributed by atoms with van der Waals surface area (Å²) < 4.78 is 0. The maximum absolute atomic E-state index is 11.0. The van der Waals surface area contributed by atoms with E-state index in [1.165, 1.54) is 12.8 Å². The second kappa shape index (κ2) is 2.28. The Morgan fingerprint density at radius 3 is 2.23 bits per heavy atom. The summed E-state index contributed by atoms with van der Waals surface area (Å²) in [5, 5.41) is 9.06. The number of hydrogen-bond acceptors (Lipinski definition) is 1. The van der Waals surface area contributed by atoms with E-state index < -0.39 is 5.97 Å². The molecule has 0 radical (unpaired) electrons. The van der Waals surface area contributed by atoms with Crippen molar-refractivity contribution in [2.45, 2.75) is 40.0 Å². The molecule has 0 saturated heterocycles. The fourth-order valence-corrected chi connectivity index (χ4v) is 2.95. The van der Waals surface area contributed by atoms with Crippen molar-refractivity contribution in [1.82, 2.24) is 0 Å². The van der Waals surface area contributed by atoms with Crippen LogP contribution in [0, 0.1) is 22.7 Å². The third-order valence-corrected chi connectivity index (χ3v) is 4.40. The fourth-order valence-electron chi connectivity index (χ4n) is 2.95. The summed E-state index contributed by atoms with van der Waals surface area (Å²) in [4.78, 5) is 11.0. The van der Waals surface area contributed by atoms with Gasteiger partial charge >= 0.3 is 5.97 Å². The van der Waals surface area contributed by atoms with Gasteiger partial charge in [-0.2, -0.15) is 0 Å². The first-order valence-electron chi connectivity index (χ1n) is 5.12. The van der Waals surface area contributed by atoms with Gasteiger partial charge < -0.3 is 5.11 Å². The largest absolute Gasteiger partial charge is 0.481 e. The first-order chi connectivity index (χ1) is 5.89. The standard InChI is InChI=1S/C11H18O2/c1-10(2)8(9(12)13)11(10,3)6-7-4-5-7/h7-8H,4-6H2,1-3H3,(H,12,13). The van der Waals surface area contributed by atoms with Crippen molar-refractivity contribution in [2.24, 2.45) is 22.7 Å². The molecular formula is C11H18O2. The van der Waals surface area contributed by atoms with Gasteiger partial charge in [-0.1, -0.05) is 33.6 Å². The Bertz CT molecular complexity index is 253. The number of rotatable bonds is 3. The Labute approximate surface area is 79.3 Å².